The summed E-state index contributed by atoms with van der Waals surface area (Å²) in [6, 6.07) is 7.73. The fourth-order valence-electron chi connectivity index (χ4n) is 2.84. The summed E-state index contributed by atoms with van der Waals surface area (Å²) in [6.07, 6.45) is 5.29. The van der Waals surface area contributed by atoms with Crippen LogP contribution >= 0.6 is 0 Å². The molecule has 1 heterocycles. The first kappa shape index (κ1) is 17.3. The van der Waals surface area contributed by atoms with Crippen LogP contribution in [0.1, 0.15) is 31.7 Å². The van der Waals surface area contributed by atoms with E-state index in [1.54, 1.807) is 6.21 Å². The highest BCUT2D eigenvalue weighted by molar-refractivity contribution is 5.84. The largest absolute Gasteiger partial charge is 0.493 e. The van der Waals surface area contributed by atoms with Crippen molar-refractivity contribution in [2.24, 2.45) is 27.6 Å². The number of nitrogens with zero attached hydrogens (tertiary/aromatic N) is 3. The molecule has 1 aliphatic rings. The van der Waals surface area contributed by atoms with Crippen LogP contribution in [-0.2, 0) is 0 Å². The van der Waals surface area contributed by atoms with E-state index in [-0.39, 0.29) is 5.96 Å². The third-order valence-electron chi connectivity index (χ3n) is 3.91. The van der Waals surface area contributed by atoms with E-state index in [0.717, 1.165) is 30.2 Å². The molecule has 126 valence electrons. The second kappa shape index (κ2) is 9.15. The van der Waals surface area contributed by atoms with Gasteiger partial charge in [0.2, 0.25) is 5.96 Å². The number of ether oxygens (including phenoxy) is 1. The Morgan fingerprint density at radius 2 is 2.22 bits per heavy atom. The van der Waals surface area contributed by atoms with Gasteiger partial charge in [0.05, 0.1) is 12.8 Å². The van der Waals surface area contributed by atoms with Crippen LogP contribution < -0.4 is 16.2 Å². The highest BCUT2D eigenvalue weighted by Crippen LogP contribution is 2.17. The molecule has 4 N–H and O–H groups in total. The number of guanidine groups is 1. The zero-order valence-electron chi connectivity index (χ0n) is 13.8. The van der Waals surface area contributed by atoms with Crippen molar-refractivity contribution in [3.05, 3.63) is 29.8 Å². The van der Waals surface area contributed by atoms with E-state index in [1.165, 1.54) is 25.9 Å². The van der Waals surface area contributed by atoms with Crippen LogP contribution in [0.5, 0.6) is 5.75 Å². The third kappa shape index (κ3) is 6.28. The summed E-state index contributed by atoms with van der Waals surface area (Å²) in [5.74, 6) is 1.56. The van der Waals surface area contributed by atoms with Gasteiger partial charge in [-0.3, -0.25) is 0 Å². The topological polar surface area (TPSA) is 89.2 Å². The maximum absolute atomic E-state index is 5.88. The molecule has 1 fully saturated rings. The lowest BCUT2D eigenvalue weighted by molar-refractivity contribution is 0.170. The monoisotopic (exact) mass is 317 g/mol. The van der Waals surface area contributed by atoms with Crippen LogP contribution in [0.2, 0.25) is 0 Å². The Bertz CT molecular complexity index is 540. The van der Waals surface area contributed by atoms with E-state index in [1.807, 2.05) is 24.3 Å². The molecule has 0 bridgehead atoms. The zero-order valence-corrected chi connectivity index (χ0v) is 13.8. The number of benzene rings is 1. The number of piperidine rings is 1. The van der Waals surface area contributed by atoms with Crippen LogP contribution in [-0.4, -0.2) is 43.3 Å². The van der Waals surface area contributed by atoms with Crippen LogP contribution in [0.15, 0.2) is 34.5 Å². The lowest BCUT2D eigenvalue weighted by atomic mass is 10.0. The van der Waals surface area contributed by atoms with E-state index in [9.17, 15) is 0 Å². The van der Waals surface area contributed by atoms with Crippen molar-refractivity contribution >= 4 is 12.2 Å². The Morgan fingerprint density at radius 3 is 3.00 bits per heavy atom. The molecule has 1 unspecified atom stereocenters. The van der Waals surface area contributed by atoms with Crippen molar-refractivity contribution in [2.45, 2.75) is 26.2 Å². The number of nitrogens with two attached hydrogens (primary N) is 2. The normalized spacial score (nSPS) is 18.9. The Balaban J connectivity index is 1.79. The van der Waals surface area contributed by atoms with Crippen LogP contribution in [0.3, 0.4) is 0 Å². The van der Waals surface area contributed by atoms with E-state index < -0.39 is 0 Å². The fourth-order valence-corrected chi connectivity index (χ4v) is 2.84. The smallest absolute Gasteiger partial charge is 0.211 e. The summed E-state index contributed by atoms with van der Waals surface area (Å²) in [5.41, 5.74) is 11.4. The second-order valence-corrected chi connectivity index (χ2v) is 6.06. The van der Waals surface area contributed by atoms with Gasteiger partial charge in [0.25, 0.3) is 0 Å². The first-order valence-corrected chi connectivity index (χ1v) is 8.21. The van der Waals surface area contributed by atoms with E-state index in [2.05, 4.69) is 22.0 Å². The summed E-state index contributed by atoms with van der Waals surface area (Å²) in [5, 5.41) is 7.44. The Hall–Kier alpha value is -2.08. The lowest BCUT2D eigenvalue weighted by Crippen LogP contribution is -2.35. The van der Waals surface area contributed by atoms with Crippen LogP contribution in [0.4, 0.5) is 0 Å². The van der Waals surface area contributed by atoms with E-state index in [0.29, 0.717) is 6.61 Å². The van der Waals surface area contributed by atoms with Gasteiger partial charge in [-0.15, -0.1) is 5.10 Å². The zero-order chi connectivity index (χ0) is 16.5. The van der Waals surface area contributed by atoms with Gasteiger partial charge in [-0.1, -0.05) is 19.1 Å². The molecule has 0 aromatic heterocycles. The molecule has 1 atom stereocenters. The minimum atomic E-state index is -0.0598. The van der Waals surface area contributed by atoms with Crippen LogP contribution in [0, 0.1) is 5.92 Å². The van der Waals surface area contributed by atoms with Gasteiger partial charge in [0, 0.05) is 18.7 Å². The Morgan fingerprint density at radius 1 is 1.39 bits per heavy atom. The van der Waals surface area contributed by atoms with Gasteiger partial charge in [0.1, 0.15) is 5.75 Å². The molecule has 0 aliphatic carbocycles. The molecule has 0 amide bonds. The average molecular weight is 317 g/mol. The predicted molar refractivity (Wildman–Crippen MR) is 94.8 cm³/mol. The van der Waals surface area contributed by atoms with Crippen molar-refractivity contribution < 1.29 is 4.74 Å². The molecule has 6 nitrogen and oxygen atoms in total. The molecular weight excluding hydrogens is 290 g/mol. The summed E-state index contributed by atoms with van der Waals surface area (Å²) < 4.78 is 5.88. The van der Waals surface area contributed by atoms with Gasteiger partial charge in [-0.25, -0.2) is 0 Å². The summed E-state index contributed by atoms with van der Waals surface area (Å²) >= 11 is 0. The summed E-state index contributed by atoms with van der Waals surface area (Å²) in [4.78, 5) is 2.53. The van der Waals surface area contributed by atoms with Crippen molar-refractivity contribution in [3.8, 4) is 5.75 Å². The second-order valence-electron chi connectivity index (χ2n) is 6.06. The van der Waals surface area contributed by atoms with E-state index >= 15 is 0 Å². The molecule has 1 saturated heterocycles. The number of para-hydroxylation sites is 1. The quantitative estimate of drug-likeness (QED) is 0.347. The summed E-state index contributed by atoms with van der Waals surface area (Å²) in [7, 11) is 0. The Labute approximate surface area is 138 Å². The molecule has 1 aromatic rings. The fraction of sp³-hybridized carbons (Fsp3) is 0.529. The van der Waals surface area contributed by atoms with Crippen molar-refractivity contribution in [3.63, 3.8) is 0 Å². The maximum atomic E-state index is 5.88. The highest BCUT2D eigenvalue weighted by atomic mass is 16.5. The third-order valence-corrected chi connectivity index (χ3v) is 3.91. The van der Waals surface area contributed by atoms with Crippen molar-refractivity contribution in [1.29, 1.82) is 0 Å². The number of hydrogen-bond acceptors (Lipinski definition) is 4. The predicted octanol–water partition coefficient (Wildman–Crippen LogP) is 1.79. The molecule has 0 spiro atoms. The first-order valence-electron chi connectivity index (χ1n) is 8.21. The highest BCUT2D eigenvalue weighted by Gasteiger charge is 2.15. The summed E-state index contributed by atoms with van der Waals surface area (Å²) in [6.45, 7) is 6.54. The van der Waals surface area contributed by atoms with Gasteiger partial charge in [-0.2, -0.15) is 5.10 Å². The molecular formula is C17H27N5O. The van der Waals surface area contributed by atoms with Crippen molar-refractivity contribution in [2.75, 3.05) is 26.2 Å². The maximum Gasteiger partial charge on any atom is 0.211 e. The standard InChI is InChI=1S/C17H27N5O/c1-14-6-4-9-22(13-14)10-5-11-23-16-8-3-2-7-15(16)12-20-21-17(18)19/h2-3,7-8,12,14H,4-6,9-11,13H2,1H3,(H4,18,19,21). The number of hydrogen-bond donors (Lipinski definition) is 2. The lowest BCUT2D eigenvalue weighted by Gasteiger charge is -2.30. The van der Waals surface area contributed by atoms with Gasteiger partial charge < -0.3 is 21.1 Å². The van der Waals surface area contributed by atoms with Gasteiger partial charge >= 0.3 is 0 Å². The molecule has 2 rings (SSSR count). The molecule has 0 radical (unpaired) electrons. The SMILES string of the molecule is CC1CCCN(CCCOc2ccccc2C=NN=C(N)N)C1. The minimum absolute atomic E-state index is 0.0598. The number of rotatable bonds is 7. The molecule has 6 heteroatoms. The Kier molecular flexibility index (Phi) is 6.87. The van der Waals surface area contributed by atoms with Crippen molar-refractivity contribution in [1.82, 2.24) is 4.90 Å². The average Bonchev–Trinajstić information content (AvgIpc) is 2.52. The van der Waals surface area contributed by atoms with Crippen LogP contribution in [0.25, 0.3) is 0 Å². The first-order chi connectivity index (χ1) is 11.1. The molecule has 1 aromatic carbocycles. The molecule has 0 saturated carbocycles. The molecule has 23 heavy (non-hydrogen) atoms. The number of likely N-dealkylation sites (tertiary alicyclic amines) is 1. The minimum Gasteiger partial charge on any atom is -0.493 e. The van der Waals surface area contributed by atoms with Gasteiger partial charge in [0.15, 0.2) is 0 Å². The van der Waals surface area contributed by atoms with E-state index in [4.69, 9.17) is 16.2 Å². The molecule has 1 aliphatic heterocycles. The van der Waals surface area contributed by atoms with Gasteiger partial charge in [-0.05, 0) is 43.9 Å².